The van der Waals surface area contributed by atoms with Crippen LogP contribution in [0.15, 0.2) is 42.7 Å². The summed E-state index contributed by atoms with van der Waals surface area (Å²) in [6.45, 7) is 2.51. The number of hydrogen-bond acceptors (Lipinski definition) is 6. The maximum atomic E-state index is 12.7. The third-order valence-electron chi connectivity index (χ3n) is 5.16. The fraction of sp³-hybridized carbons (Fsp3) is 0.381. The molecule has 0 spiro atoms. The molecule has 0 radical (unpaired) electrons. The number of piperidine rings is 1. The van der Waals surface area contributed by atoms with Crippen LogP contribution in [0.4, 0.5) is 0 Å². The van der Waals surface area contributed by atoms with Crippen molar-refractivity contribution in [1.29, 1.82) is 0 Å². The highest BCUT2D eigenvalue weighted by Crippen LogP contribution is 2.17. The Morgan fingerprint density at radius 1 is 1.28 bits per heavy atom. The second kappa shape index (κ2) is 8.59. The average Bonchev–Trinajstić information content (AvgIpc) is 3.12. The van der Waals surface area contributed by atoms with Crippen LogP contribution < -0.4 is 5.32 Å². The lowest BCUT2D eigenvalue weighted by Crippen LogP contribution is -2.47. The third-order valence-corrected chi connectivity index (χ3v) is 5.16. The second-order valence-electron chi connectivity index (χ2n) is 7.49. The van der Waals surface area contributed by atoms with E-state index < -0.39 is 0 Å². The van der Waals surface area contributed by atoms with E-state index in [0.717, 1.165) is 43.6 Å². The maximum absolute atomic E-state index is 12.7. The van der Waals surface area contributed by atoms with Gasteiger partial charge in [0, 0.05) is 44.2 Å². The van der Waals surface area contributed by atoms with E-state index in [1.165, 1.54) is 0 Å². The number of benzene rings is 1. The lowest BCUT2D eigenvalue weighted by Gasteiger charge is -2.33. The van der Waals surface area contributed by atoms with Gasteiger partial charge < -0.3 is 15.5 Å². The summed E-state index contributed by atoms with van der Waals surface area (Å²) >= 11 is 0. The third kappa shape index (κ3) is 4.72. The minimum absolute atomic E-state index is 0.0442. The zero-order valence-corrected chi connectivity index (χ0v) is 16.2. The highest BCUT2D eigenvalue weighted by Gasteiger charge is 2.23. The van der Waals surface area contributed by atoms with Gasteiger partial charge in [-0.1, -0.05) is 12.1 Å². The van der Waals surface area contributed by atoms with E-state index in [-0.39, 0.29) is 24.3 Å². The van der Waals surface area contributed by atoms with Crippen LogP contribution in [-0.4, -0.2) is 61.4 Å². The van der Waals surface area contributed by atoms with Crippen LogP contribution in [0.1, 0.15) is 34.5 Å². The Morgan fingerprint density at radius 2 is 2.17 bits per heavy atom. The van der Waals surface area contributed by atoms with Gasteiger partial charge in [-0.3, -0.25) is 9.69 Å². The molecule has 1 saturated heterocycles. The SMILES string of the molecule is O=C(N[C@H]1CCCN(Cc2cccc(O)c2)C1)c1cc2ncc(CCO)cn2n1. The number of carbonyl (C=O) groups is 1. The molecule has 1 aromatic carbocycles. The zero-order chi connectivity index (χ0) is 20.2. The minimum Gasteiger partial charge on any atom is -0.508 e. The Bertz CT molecular complexity index is 1000. The molecule has 1 aliphatic heterocycles. The Balaban J connectivity index is 1.39. The van der Waals surface area contributed by atoms with E-state index in [0.29, 0.717) is 17.8 Å². The van der Waals surface area contributed by atoms with Crippen LogP contribution in [-0.2, 0) is 13.0 Å². The van der Waals surface area contributed by atoms with Crippen LogP contribution in [0.2, 0.25) is 0 Å². The van der Waals surface area contributed by atoms with E-state index in [1.807, 2.05) is 12.1 Å². The molecule has 3 N–H and O–H groups in total. The predicted molar refractivity (Wildman–Crippen MR) is 108 cm³/mol. The van der Waals surface area contributed by atoms with Gasteiger partial charge in [0.05, 0.1) is 0 Å². The molecule has 1 fully saturated rings. The van der Waals surface area contributed by atoms with E-state index in [1.54, 1.807) is 35.1 Å². The van der Waals surface area contributed by atoms with Gasteiger partial charge in [0.2, 0.25) is 0 Å². The Labute approximate surface area is 168 Å². The molecule has 1 atom stereocenters. The first-order valence-electron chi connectivity index (χ1n) is 9.87. The number of phenols is 1. The van der Waals surface area contributed by atoms with Gasteiger partial charge in [-0.2, -0.15) is 5.10 Å². The predicted octanol–water partition coefficient (Wildman–Crippen LogP) is 1.36. The monoisotopic (exact) mass is 395 g/mol. The number of phenolic OH excluding ortho intramolecular Hbond substituents is 1. The van der Waals surface area contributed by atoms with E-state index in [2.05, 4.69) is 20.3 Å². The highest BCUT2D eigenvalue weighted by atomic mass is 16.3. The van der Waals surface area contributed by atoms with Crippen LogP contribution in [0.3, 0.4) is 0 Å². The molecule has 8 nitrogen and oxygen atoms in total. The summed E-state index contributed by atoms with van der Waals surface area (Å²) in [4.78, 5) is 19.3. The number of aliphatic hydroxyl groups excluding tert-OH is 1. The fourth-order valence-corrected chi connectivity index (χ4v) is 3.77. The molecule has 0 unspecified atom stereocenters. The smallest absolute Gasteiger partial charge is 0.272 e. The van der Waals surface area contributed by atoms with Crippen molar-refractivity contribution in [3.63, 3.8) is 0 Å². The first-order chi connectivity index (χ1) is 14.1. The zero-order valence-electron chi connectivity index (χ0n) is 16.2. The van der Waals surface area contributed by atoms with Gasteiger partial charge in [0.15, 0.2) is 11.3 Å². The van der Waals surface area contributed by atoms with E-state index >= 15 is 0 Å². The molecule has 4 rings (SSSR count). The van der Waals surface area contributed by atoms with Crippen molar-refractivity contribution in [2.45, 2.75) is 31.8 Å². The summed E-state index contributed by atoms with van der Waals surface area (Å²) in [6.07, 6.45) is 5.90. The fourth-order valence-electron chi connectivity index (χ4n) is 3.77. The number of nitrogens with zero attached hydrogens (tertiary/aromatic N) is 4. The van der Waals surface area contributed by atoms with Crippen molar-refractivity contribution in [2.75, 3.05) is 19.7 Å². The van der Waals surface area contributed by atoms with Crippen LogP contribution in [0.25, 0.3) is 5.65 Å². The Hall–Kier alpha value is -2.97. The largest absolute Gasteiger partial charge is 0.508 e. The normalized spacial score (nSPS) is 17.5. The topological polar surface area (TPSA) is 103 Å². The van der Waals surface area contributed by atoms with Crippen molar-refractivity contribution in [2.24, 2.45) is 0 Å². The molecule has 2 aromatic heterocycles. The highest BCUT2D eigenvalue weighted by molar-refractivity contribution is 5.93. The van der Waals surface area contributed by atoms with Gasteiger partial charge in [-0.15, -0.1) is 0 Å². The molecule has 3 aromatic rings. The van der Waals surface area contributed by atoms with Crippen LogP contribution in [0.5, 0.6) is 5.75 Å². The molecule has 0 aliphatic carbocycles. The summed E-state index contributed by atoms with van der Waals surface area (Å²) in [5, 5.41) is 26.1. The summed E-state index contributed by atoms with van der Waals surface area (Å²) in [6, 6.07) is 9.01. The first-order valence-corrected chi connectivity index (χ1v) is 9.87. The summed E-state index contributed by atoms with van der Waals surface area (Å²) in [5.74, 6) is 0.0652. The second-order valence-corrected chi connectivity index (χ2v) is 7.49. The van der Waals surface area contributed by atoms with E-state index in [4.69, 9.17) is 5.11 Å². The van der Waals surface area contributed by atoms with Crippen LogP contribution in [0, 0.1) is 0 Å². The number of carbonyl (C=O) groups excluding carboxylic acids is 1. The number of amides is 1. The Morgan fingerprint density at radius 3 is 3.00 bits per heavy atom. The number of hydrogen-bond donors (Lipinski definition) is 3. The molecule has 8 heteroatoms. The van der Waals surface area contributed by atoms with Crippen molar-refractivity contribution < 1.29 is 15.0 Å². The molecule has 1 aliphatic rings. The quantitative estimate of drug-likeness (QED) is 0.582. The number of aromatic nitrogens is 3. The van der Waals surface area contributed by atoms with Crippen molar-refractivity contribution >= 4 is 11.6 Å². The molecule has 0 saturated carbocycles. The summed E-state index contributed by atoms with van der Waals surface area (Å²) in [7, 11) is 0. The molecule has 3 heterocycles. The Kier molecular flexibility index (Phi) is 5.73. The number of aliphatic hydroxyl groups is 1. The average molecular weight is 395 g/mol. The minimum atomic E-state index is -0.205. The lowest BCUT2D eigenvalue weighted by molar-refractivity contribution is 0.0895. The van der Waals surface area contributed by atoms with Crippen LogP contribution >= 0.6 is 0 Å². The van der Waals surface area contributed by atoms with Gasteiger partial charge >= 0.3 is 0 Å². The van der Waals surface area contributed by atoms with Gasteiger partial charge in [0.1, 0.15) is 5.75 Å². The van der Waals surface area contributed by atoms with E-state index in [9.17, 15) is 9.90 Å². The number of aromatic hydroxyl groups is 1. The van der Waals surface area contributed by atoms with Gasteiger partial charge in [-0.25, -0.2) is 9.50 Å². The summed E-state index contributed by atoms with van der Waals surface area (Å²) < 4.78 is 1.58. The number of nitrogens with one attached hydrogen (secondary N) is 1. The molecule has 152 valence electrons. The number of likely N-dealkylation sites (tertiary alicyclic amines) is 1. The number of fused-ring (bicyclic) bond motifs is 1. The molecular formula is C21H25N5O3. The standard InChI is InChI=1S/C21H25N5O3/c27-8-6-16-11-22-20-10-19(24-26(20)13-16)21(29)23-17-4-2-7-25(14-17)12-15-3-1-5-18(28)9-15/h1,3,5,9-11,13,17,27-28H,2,4,6-8,12,14H2,(H,23,29)/t17-/m0/s1. The maximum Gasteiger partial charge on any atom is 0.272 e. The van der Waals surface area contributed by atoms with Crippen molar-refractivity contribution in [3.05, 3.63) is 59.5 Å². The molecule has 29 heavy (non-hydrogen) atoms. The molecule has 1 amide bonds. The van der Waals surface area contributed by atoms with Gasteiger partial charge in [-0.05, 0) is 49.1 Å². The van der Waals surface area contributed by atoms with Gasteiger partial charge in [0.25, 0.3) is 5.91 Å². The van der Waals surface area contributed by atoms with Crippen molar-refractivity contribution in [3.8, 4) is 5.75 Å². The molecular weight excluding hydrogens is 370 g/mol. The number of rotatable bonds is 6. The lowest BCUT2D eigenvalue weighted by atomic mass is 10.0. The first kappa shape index (κ1) is 19.4. The summed E-state index contributed by atoms with van der Waals surface area (Å²) in [5.41, 5.74) is 2.86. The van der Waals surface area contributed by atoms with Crippen molar-refractivity contribution in [1.82, 2.24) is 24.8 Å². The molecule has 0 bridgehead atoms.